The number of methoxy groups -OCH3 is 1. The number of hydrogen-bond acceptors (Lipinski definition) is 4. The molecule has 1 amide bonds. The van der Waals surface area contributed by atoms with Crippen LogP contribution in [0, 0.1) is 6.92 Å². The van der Waals surface area contributed by atoms with Gasteiger partial charge in [-0.25, -0.2) is 18.4 Å². The van der Waals surface area contributed by atoms with Gasteiger partial charge in [0.25, 0.3) is 6.43 Å². The first-order valence-electron chi connectivity index (χ1n) is 10.5. The second-order valence-electron chi connectivity index (χ2n) is 7.77. The van der Waals surface area contributed by atoms with Crippen molar-refractivity contribution in [3.05, 3.63) is 77.5 Å². The Bertz CT molecular complexity index is 1290. The molecule has 0 saturated carbocycles. The Morgan fingerprint density at radius 2 is 1.88 bits per heavy atom. The van der Waals surface area contributed by atoms with E-state index in [1.165, 1.54) is 10.7 Å². The van der Waals surface area contributed by atoms with Gasteiger partial charge in [0.2, 0.25) is 5.91 Å². The molecule has 4 rings (SSSR count). The fourth-order valence-electron chi connectivity index (χ4n) is 3.84. The molecule has 170 valence electrons. The summed E-state index contributed by atoms with van der Waals surface area (Å²) in [6.07, 6.45) is -2.70. The van der Waals surface area contributed by atoms with Crippen LogP contribution >= 0.6 is 0 Å². The lowest BCUT2D eigenvalue weighted by Crippen LogP contribution is -2.30. The standard InChI is InChI=1S/C25H24F2N4O2/c1-15(18-10-7-11-19(12-18)33-3)28-22(32)14-31-25-23(16(2)30-31)20(24(26)27)13-21(29-25)17-8-5-4-6-9-17/h4-13,15,24H,14H2,1-3H3,(H,28,32). The smallest absolute Gasteiger partial charge is 0.264 e. The number of carbonyl (C=O) groups excluding carboxylic acids is 1. The first kappa shape index (κ1) is 22.4. The number of rotatable bonds is 7. The summed E-state index contributed by atoms with van der Waals surface area (Å²) in [7, 11) is 1.58. The van der Waals surface area contributed by atoms with Gasteiger partial charge in [-0.05, 0) is 37.6 Å². The zero-order chi connectivity index (χ0) is 23.5. The van der Waals surface area contributed by atoms with Crippen LogP contribution in [-0.4, -0.2) is 27.8 Å². The van der Waals surface area contributed by atoms with E-state index >= 15 is 0 Å². The first-order valence-corrected chi connectivity index (χ1v) is 10.5. The summed E-state index contributed by atoms with van der Waals surface area (Å²) >= 11 is 0. The summed E-state index contributed by atoms with van der Waals surface area (Å²) in [4.78, 5) is 17.4. The van der Waals surface area contributed by atoms with Gasteiger partial charge < -0.3 is 10.1 Å². The molecular weight excluding hydrogens is 426 g/mol. The largest absolute Gasteiger partial charge is 0.497 e. The van der Waals surface area contributed by atoms with Crippen LogP contribution in [0.15, 0.2) is 60.7 Å². The van der Waals surface area contributed by atoms with E-state index in [4.69, 9.17) is 4.74 Å². The maximum Gasteiger partial charge on any atom is 0.264 e. The van der Waals surface area contributed by atoms with Crippen molar-refractivity contribution in [1.29, 1.82) is 0 Å². The van der Waals surface area contributed by atoms with Gasteiger partial charge in [-0.15, -0.1) is 0 Å². The molecule has 1 atom stereocenters. The number of amides is 1. The van der Waals surface area contributed by atoms with Crippen LogP contribution in [0.2, 0.25) is 0 Å². The SMILES string of the molecule is COc1cccc(C(C)NC(=O)Cn2nc(C)c3c(C(F)F)cc(-c4ccccc4)nc32)c1. The van der Waals surface area contributed by atoms with E-state index in [1.807, 2.05) is 49.4 Å². The average molecular weight is 450 g/mol. The summed E-state index contributed by atoms with van der Waals surface area (Å²) in [5.74, 6) is 0.389. The lowest BCUT2D eigenvalue weighted by molar-refractivity contribution is -0.122. The number of ether oxygens (including phenoxy) is 1. The van der Waals surface area contributed by atoms with Crippen LogP contribution < -0.4 is 10.1 Å². The topological polar surface area (TPSA) is 69.0 Å². The van der Waals surface area contributed by atoms with E-state index in [0.29, 0.717) is 22.7 Å². The van der Waals surface area contributed by atoms with Gasteiger partial charge >= 0.3 is 0 Å². The second kappa shape index (κ2) is 9.36. The van der Waals surface area contributed by atoms with Gasteiger partial charge in [0.1, 0.15) is 12.3 Å². The van der Waals surface area contributed by atoms with Crippen molar-refractivity contribution in [2.45, 2.75) is 32.9 Å². The molecule has 0 aliphatic carbocycles. The highest BCUT2D eigenvalue weighted by Crippen LogP contribution is 2.33. The number of carbonyl (C=O) groups is 1. The van der Waals surface area contributed by atoms with E-state index in [1.54, 1.807) is 26.2 Å². The molecule has 2 heterocycles. The molecule has 0 bridgehead atoms. The predicted molar refractivity (Wildman–Crippen MR) is 122 cm³/mol. The molecule has 1 unspecified atom stereocenters. The average Bonchev–Trinajstić information content (AvgIpc) is 3.13. The Balaban J connectivity index is 1.66. The molecule has 0 aliphatic rings. The highest BCUT2D eigenvalue weighted by atomic mass is 19.3. The highest BCUT2D eigenvalue weighted by Gasteiger charge is 2.22. The minimum absolute atomic E-state index is 0.146. The molecule has 8 heteroatoms. The van der Waals surface area contributed by atoms with Crippen LogP contribution in [0.1, 0.15) is 36.2 Å². The first-order chi connectivity index (χ1) is 15.9. The Morgan fingerprint density at radius 1 is 1.12 bits per heavy atom. The van der Waals surface area contributed by atoms with Gasteiger partial charge in [0.15, 0.2) is 5.65 Å². The molecule has 33 heavy (non-hydrogen) atoms. The summed E-state index contributed by atoms with van der Waals surface area (Å²) in [5.41, 5.74) is 2.52. The Morgan fingerprint density at radius 3 is 2.58 bits per heavy atom. The number of hydrogen-bond donors (Lipinski definition) is 1. The van der Waals surface area contributed by atoms with Gasteiger partial charge in [0, 0.05) is 11.1 Å². The highest BCUT2D eigenvalue weighted by molar-refractivity contribution is 5.87. The number of fused-ring (bicyclic) bond motifs is 1. The van der Waals surface area contributed by atoms with Crippen molar-refractivity contribution in [1.82, 2.24) is 20.1 Å². The molecule has 2 aromatic carbocycles. The predicted octanol–water partition coefficient (Wildman–Crippen LogP) is 5.23. The lowest BCUT2D eigenvalue weighted by Gasteiger charge is -2.15. The van der Waals surface area contributed by atoms with E-state index < -0.39 is 6.43 Å². The number of aryl methyl sites for hydroxylation is 1. The van der Waals surface area contributed by atoms with Crippen molar-refractivity contribution in [2.75, 3.05) is 7.11 Å². The van der Waals surface area contributed by atoms with E-state index in [0.717, 1.165) is 5.56 Å². The van der Waals surface area contributed by atoms with Crippen molar-refractivity contribution in [2.24, 2.45) is 0 Å². The fourth-order valence-corrected chi connectivity index (χ4v) is 3.84. The monoisotopic (exact) mass is 450 g/mol. The van der Waals surface area contributed by atoms with E-state index in [9.17, 15) is 13.6 Å². The molecule has 0 saturated heterocycles. The lowest BCUT2D eigenvalue weighted by atomic mass is 10.1. The quantitative estimate of drug-likeness (QED) is 0.419. The number of nitrogens with one attached hydrogen (secondary N) is 1. The maximum absolute atomic E-state index is 13.9. The third-order valence-corrected chi connectivity index (χ3v) is 5.48. The van der Waals surface area contributed by atoms with Crippen molar-refractivity contribution < 1.29 is 18.3 Å². The number of benzene rings is 2. The number of halogens is 2. The second-order valence-corrected chi connectivity index (χ2v) is 7.77. The van der Waals surface area contributed by atoms with Crippen LogP contribution in [0.4, 0.5) is 8.78 Å². The minimum Gasteiger partial charge on any atom is -0.497 e. The minimum atomic E-state index is -2.70. The Kier molecular flexibility index (Phi) is 6.35. The molecule has 0 aliphatic heterocycles. The van der Waals surface area contributed by atoms with Gasteiger partial charge in [-0.3, -0.25) is 4.79 Å². The molecule has 6 nitrogen and oxygen atoms in total. The normalized spacial score (nSPS) is 12.2. The van der Waals surface area contributed by atoms with Crippen LogP contribution in [-0.2, 0) is 11.3 Å². The molecule has 0 spiro atoms. The van der Waals surface area contributed by atoms with Crippen LogP contribution in [0.3, 0.4) is 0 Å². The van der Waals surface area contributed by atoms with E-state index in [2.05, 4.69) is 15.4 Å². The molecule has 0 fully saturated rings. The van der Waals surface area contributed by atoms with Crippen molar-refractivity contribution in [3.63, 3.8) is 0 Å². The fraction of sp³-hybridized carbons (Fsp3) is 0.240. The van der Waals surface area contributed by atoms with Crippen LogP contribution in [0.5, 0.6) is 5.75 Å². The van der Waals surface area contributed by atoms with Gasteiger partial charge in [-0.1, -0.05) is 42.5 Å². The number of alkyl halides is 2. The Hall–Kier alpha value is -3.81. The number of aromatic nitrogens is 3. The molecule has 2 aromatic heterocycles. The zero-order valence-corrected chi connectivity index (χ0v) is 18.5. The number of pyridine rings is 1. The Labute approximate surface area is 190 Å². The molecule has 1 N–H and O–H groups in total. The third kappa shape index (κ3) is 4.69. The summed E-state index contributed by atoms with van der Waals surface area (Å²) in [5, 5.41) is 7.55. The summed E-state index contributed by atoms with van der Waals surface area (Å²) in [6, 6.07) is 17.6. The zero-order valence-electron chi connectivity index (χ0n) is 18.5. The summed E-state index contributed by atoms with van der Waals surface area (Å²) < 4.78 is 34.4. The van der Waals surface area contributed by atoms with Crippen molar-refractivity contribution >= 4 is 16.9 Å². The molecule has 0 radical (unpaired) electrons. The maximum atomic E-state index is 13.9. The molecular formula is C25H24F2N4O2. The van der Waals surface area contributed by atoms with Crippen LogP contribution in [0.25, 0.3) is 22.3 Å². The van der Waals surface area contributed by atoms with Gasteiger partial charge in [-0.2, -0.15) is 5.10 Å². The van der Waals surface area contributed by atoms with Gasteiger partial charge in [0.05, 0.1) is 29.9 Å². The van der Waals surface area contributed by atoms with Crippen molar-refractivity contribution in [3.8, 4) is 17.0 Å². The third-order valence-electron chi connectivity index (χ3n) is 5.48. The summed E-state index contributed by atoms with van der Waals surface area (Å²) in [6.45, 7) is 3.36. The van der Waals surface area contributed by atoms with E-state index in [-0.39, 0.29) is 35.1 Å². The number of nitrogens with zero attached hydrogens (tertiary/aromatic N) is 3. The molecule has 4 aromatic rings.